The number of nitrogens with two attached hydrogens (primary N) is 1. The van der Waals surface area contributed by atoms with Crippen molar-refractivity contribution in [1.29, 1.82) is 0 Å². The average molecular weight is 280 g/mol. The van der Waals surface area contributed by atoms with Crippen molar-refractivity contribution in [3.8, 4) is 0 Å². The molecule has 2 nitrogen and oxygen atoms in total. The Hall–Kier alpha value is -1.09. The minimum Gasteiger partial charge on any atom is -0.371 e. The molecule has 0 aromatic heterocycles. The molecule has 0 aliphatic carbocycles. The summed E-state index contributed by atoms with van der Waals surface area (Å²) >= 11 is 0. The van der Waals surface area contributed by atoms with Gasteiger partial charge >= 0.3 is 0 Å². The molecular formula is C17H29FN2. The van der Waals surface area contributed by atoms with Crippen LogP contribution in [0.25, 0.3) is 0 Å². The van der Waals surface area contributed by atoms with Crippen LogP contribution in [0.5, 0.6) is 0 Å². The smallest absolute Gasteiger partial charge is 0.128 e. The number of anilines is 1. The first-order valence-electron chi connectivity index (χ1n) is 7.59. The molecule has 3 heteroatoms. The number of nitrogens with zero attached hydrogens (tertiary/aromatic N) is 1. The van der Waals surface area contributed by atoms with Crippen molar-refractivity contribution >= 4 is 5.69 Å². The Kier molecular flexibility index (Phi) is 6.47. The highest BCUT2D eigenvalue weighted by Crippen LogP contribution is 2.26. The van der Waals surface area contributed by atoms with Gasteiger partial charge in [0.05, 0.1) is 0 Å². The zero-order valence-electron chi connectivity index (χ0n) is 13.5. The van der Waals surface area contributed by atoms with Gasteiger partial charge in [0.25, 0.3) is 0 Å². The molecule has 0 bridgehead atoms. The van der Waals surface area contributed by atoms with Crippen molar-refractivity contribution in [2.45, 2.75) is 47.1 Å². The lowest BCUT2D eigenvalue weighted by Crippen LogP contribution is -2.33. The second-order valence-electron chi connectivity index (χ2n) is 6.61. The first-order chi connectivity index (χ1) is 9.31. The van der Waals surface area contributed by atoms with Gasteiger partial charge in [0.1, 0.15) is 5.82 Å². The first kappa shape index (κ1) is 17.0. The third-order valence-corrected chi connectivity index (χ3v) is 3.13. The van der Waals surface area contributed by atoms with Gasteiger partial charge in [-0.2, -0.15) is 0 Å². The summed E-state index contributed by atoms with van der Waals surface area (Å²) in [6, 6.07) is 5.31. The van der Waals surface area contributed by atoms with Gasteiger partial charge in [0.15, 0.2) is 0 Å². The average Bonchev–Trinajstić information content (AvgIpc) is 2.29. The fourth-order valence-electron chi connectivity index (χ4n) is 2.52. The Bertz CT molecular complexity index is 403. The molecule has 0 saturated carbocycles. The third-order valence-electron chi connectivity index (χ3n) is 3.13. The van der Waals surface area contributed by atoms with E-state index in [1.165, 1.54) is 6.07 Å². The second kappa shape index (κ2) is 7.63. The molecule has 1 aromatic carbocycles. The van der Waals surface area contributed by atoms with E-state index in [2.05, 4.69) is 32.6 Å². The standard InChI is InChI=1S/C17H29FN2/c1-12(2)10-20(11-13(3)4)17-8-6-7-16(18)15(17)9-14(5)19/h6-8,12-14H,9-11,19H2,1-5H3. The Balaban J connectivity index is 3.13. The van der Waals surface area contributed by atoms with Gasteiger partial charge in [-0.3, -0.25) is 0 Å². The number of halogens is 1. The van der Waals surface area contributed by atoms with E-state index in [1.807, 2.05) is 13.0 Å². The molecule has 114 valence electrons. The summed E-state index contributed by atoms with van der Waals surface area (Å²) in [7, 11) is 0. The molecule has 0 aliphatic heterocycles. The van der Waals surface area contributed by atoms with E-state index in [0.717, 1.165) is 24.3 Å². The van der Waals surface area contributed by atoms with Gasteiger partial charge < -0.3 is 10.6 Å². The second-order valence-corrected chi connectivity index (χ2v) is 6.61. The quantitative estimate of drug-likeness (QED) is 0.822. The molecule has 0 heterocycles. The summed E-state index contributed by atoms with van der Waals surface area (Å²) in [6.07, 6.45) is 0.578. The van der Waals surface area contributed by atoms with Crippen LogP contribution < -0.4 is 10.6 Å². The number of hydrogen-bond donors (Lipinski definition) is 1. The van der Waals surface area contributed by atoms with Crippen molar-refractivity contribution in [2.75, 3.05) is 18.0 Å². The Morgan fingerprint density at radius 3 is 2.05 bits per heavy atom. The summed E-state index contributed by atoms with van der Waals surface area (Å²) in [5, 5.41) is 0. The number of rotatable bonds is 7. The van der Waals surface area contributed by atoms with Crippen LogP contribution in [0.1, 0.15) is 40.2 Å². The highest BCUT2D eigenvalue weighted by Gasteiger charge is 2.17. The van der Waals surface area contributed by atoms with Crippen molar-refractivity contribution in [3.63, 3.8) is 0 Å². The first-order valence-corrected chi connectivity index (χ1v) is 7.59. The van der Waals surface area contributed by atoms with Gasteiger partial charge in [0.2, 0.25) is 0 Å². The van der Waals surface area contributed by atoms with E-state index in [4.69, 9.17) is 5.73 Å². The fourth-order valence-corrected chi connectivity index (χ4v) is 2.52. The molecule has 1 rings (SSSR count). The van der Waals surface area contributed by atoms with Crippen LogP contribution in [-0.2, 0) is 6.42 Å². The molecule has 0 fully saturated rings. The van der Waals surface area contributed by atoms with E-state index in [9.17, 15) is 4.39 Å². The van der Waals surface area contributed by atoms with E-state index < -0.39 is 0 Å². The van der Waals surface area contributed by atoms with E-state index in [0.29, 0.717) is 18.3 Å². The Morgan fingerprint density at radius 2 is 1.60 bits per heavy atom. The summed E-state index contributed by atoms with van der Waals surface area (Å²) in [5.74, 6) is 0.942. The normalized spacial score (nSPS) is 13.1. The SMILES string of the molecule is CC(C)CN(CC(C)C)c1cccc(F)c1CC(C)N. The van der Waals surface area contributed by atoms with Crippen LogP contribution in [0.15, 0.2) is 18.2 Å². The fraction of sp³-hybridized carbons (Fsp3) is 0.647. The van der Waals surface area contributed by atoms with Gasteiger partial charge in [0, 0.05) is 30.4 Å². The minimum atomic E-state index is -0.141. The van der Waals surface area contributed by atoms with Gasteiger partial charge in [-0.1, -0.05) is 33.8 Å². The zero-order valence-corrected chi connectivity index (χ0v) is 13.5. The molecule has 1 unspecified atom stereocenters. The van der Waals surface area contributed by atoms with Crippen molar-refractivity contribution in [3.05, 3.63) is 29.6 Å². The molecule has 2 N–H and O–H groups in total. The lowest BCUT2D eigenvalue weighted by atomic mass is 10.0. The number of benzene rings is 1. The Morgan fingerprint density at radius 1 is 1.05 bits per heavy atom. The summed E-state index contributed by atoms with van der Waals surface area (Å²) in [5.41, 5.74) is 7.64. The number of hydrogen-bond acceptors (Lipinski definition) is 2. The molecule has 1 aromatic rings. The van der Waals surface area contributed by atoms with E-state index in [1.54, 1.807) is 6.07 Å². The Labute approximate surface area is 123 Å². The maximum absolute atomic E-state index is 14.2. The molecule has 0 aliphatic rings. The highest BCUT2D eigenvalue weighted by molar-refractivity contribution is 5.54. The van der Waals surface area contributed by atoms with Crippen LogP contribution in [0, 0.1) is 17.7 Å². The molecule has 0 radical (unpaired) electrons. The van der Waals surface area contributed by atoms with Crippen molar-refractivity contribution in [1.82, 2.24) is 0 Å². The maximum atomic E-state index is 14.2. The topological polar surface area (TPSA) is 29.3 Å². The maximum Gasteiger partial charge on any atom is 0.128 e. The van der Waals surface area contributed by atoms with Crippen LogP contribution in [-0.4, -0.2) is 19.1 Å². The van der Waals surface area contributed by atoms with Gasteiger partial charge in [-0.25, -0.2) is 4.39 Å². The van der Waals surface area contributed by atoms with Crippen LogP contribution >= 0.6 is 0 Å². The molecule has 1 atom stereocenters. The van der Waals surface area contributed by atoms with Crippen LogP contribution in [0.3, 0.4) is 0 Å². The van der Waals surface area contributed by atoms with E-state index >= 15 is 0 Å². The minimum absolute atomic E-state index is 0.0365. The van der Waals surface area contributed by atoms with Crippen molar-refractivity contribution in [2.24, 2.45) is 17.6 Å². The van der Waals surface area contributed by atoms with Gasteiger partial charge in [-0.05, 0) is 37.3 Å². The molecular weight excluding hydrogens is 251 g/mol. The van der Waals surface area contributed by atoms with Crippen LogP contribution in [0.4, 0.5) is 10.1 Å². The molecule has 0 spiro atoms. The lowest BCUT2D eigenvalue weighted by Gasteiger charge is -2.31. The van der Waals surface area contributed by atoms with E-state index in [-0.39, 0.29) is 11.9 Å². The predicted molar refractivity (Wildman–Crippen MR) is 85.6 cm³/mol. The zero-order chi connectivity index (χ0) is 15.3. The largest absolute Gasteiger partial charge is 0.371 e. The molecule has 0 saturated heterocycles. The molecule has 0 amide bonds. The lowest BCUT2D eigenvalue weighted by molar-refractivity contribution is 0.544. The summed E-state index contributed by atoms with van der Waals surface area (Å²) < 4.78 is 14.2. The van der Waals surface area contributed by atoms with Crippen LogP contribution in [0.2, 0.25) is 0 Å². The summed E-state index contributed by atoms with van der Waals surface area (Å²) in [4.78, 5) is 2.30. The highest BCUT2D eigenvalue weighted by atomic mass is 19.1. The predicted octanol–water partition coefficient (Wildman–Crippen LogP) is 3.83. The van der Waals surface area contributed by atoms with Gasteiger partial charge in [-0.15, -0.1) is 0 Å². The summed E-state index contributed by atoms with van der Waals surface area (Å²) in [6.45, 7) is 12.6. The third kappa shape index (κ3) is 5.12. The monoisotopic (exact) mass is 280 g/mol. The van der Waals surface area contributed by atoms with Crippen molar-refractivity contribution < 1.29 is 4.39 Å². The molecule has 20 heavy (non-hydrogen) atoms.